The van der Waals surface area contributed by atoms with E-state index in [-0.39, 0.29) is 5.92 Å². The average Bonchev–Trinajstić information content (AvgIpc) is 2.56. The maximum absolute atomic E-state index is 12.3. The van der Waals surface area contributed by atoms with Crippen LogP contribution >= 0.6 is 0 Å². The number of carboxylic acid groups (broad SMARTS) is 1. The monoisotopic (exact) mass is 292 g/mol. The van der Waals surface area contributed by atoms with Crippen LogP contribution in [0.25, 0.3) is 0 Å². The van der Waals surface area contributed by atoms with Crippen LogP contribution in [0.3, 0.4) is 0 Å². The minimum absolute atomic E-state index is 0.197. The molecule has 0 aromatic rings. The van der Waals surface area contributed by atoms with Gasteiger partial charge < -0.3 is 5.11 Å². The zero-order valence-corrected chi connectivity index (χ0v) is 13.0. The number of hydrogen-bond acceptors (Lipinski definition) is 3. The second kappa shape index (κ2) is 6.47. The zero-order chi connectivity index (χ0) is 14.7. The van der Waals surface area contributed by atoms with Gasteiger partial charge in [-0.15, -0.1) is 0 Å². The summed E-state index contributed by atoms with van der Waals surface area (Å²) in [6.45, 7) is 0.872. The number of nitrogens with zero attached hydrogens (tertiary/aromatic N) is 2. The van der Waals surface area contributed by atoms with E-state index in [2.05, 4.69) is 9.89 Å². The second-order valence-corrected chi connectivity index (χ2v) is 6.95. The van der Waals surface area contributed by atoms with Gasteiger partial charge in [0.25, 0.3) is 0 Å². The van der Waals surface area contributed by atoms with E-state index in [1.807, 2.05) is 6.21 Å². The molecule has 2 fully saturated rings. The molecule has 3 aliphatic rings. The number of rotatable bonds is 3. The minimum Gasteiger partial charge on any atom is -0.478 e. The largest absolute Gasteiger partial charge is 0.478 e. The van der Waals surface area contributed by atoms with Crippen molar-refractivity contribution >= 4 is 12.2 Å². The molecule has 0 aromatic carbocycles. The Hall–Kier alpha value is -0.900. The summed E-state index contributed by atoms with van der Waals surface area (Å²) in [7, 11) is 0. The van der Waals surface area contributed by atoms with Gasteiger partial charge in [-0.25, -0.2) is 4.79 Å². The number of aliphatic carboxylic acids is 1. The van der Waals surface area contributed by atoms with Crippen molar-refractivity contribution < 1.29 is 9.90 Å². The topological polar surface area (TPSA) is 52.9 Å². The Balaban J connectivity index is 1.91. The van der Waals surface area contributed by atoms with E-state index < -0.39 is 11.6 Å². The van der Waals surface area contributed by atoms with Crippen molar-refractivity contribution in [2.24, 2.45) is 10.9 Å². The molecular weight excluding hydrogens is 264 g/mol. The normalized spacial score (nSPS) is 33.1. The Morgan fingerprint density at radius 2 is 1.67 bits per heavy atom. The number of carboxylic acids is 1. The quantitative estimate of drug-likeness (QED) is 0.866. The first kappa shape index (κ1) is 15.0. The van der Waals surface area contributed by atoms with E-state index in [1.165, 1.54) is 25.7 Å². The highest BCUT2D eigenvalue weighted by atomic mass is 16.4. The van der Waals surface area contributed by atoms with Gasteiger partial charge in [0.1, 0.15) is 0 Å². The molecule has 2 aliphatic carbocycles. The van der Waals surface area contributed by atoms with E-state index in [0.717, 1.165) is 51.5 Å². The van der Waals surface area contributed by atoms with Crippen molar-refractivity contribution in [3.05, 3.63) is 0 Å². The van der Waals surface area contributed by atoms with Gasteiger partial charge in [0, 0.05) is 24.7 Å². The lowest BCUT2D eigenvalue weighted by atomic mass is 9.77. The number of aliphatic imine (C=N–C) groups is 1. The van der Waals surface area contributed by atoms with Crippen LogP contribution in [0.4, 0.5) is 0 Å². The van der Waals surface area contributed by atoms with Gasteiger partial charge in [0.2, 0.25) is 5.66 Å². The first-order valence-electron chi connectivity index (χ1n) is 8.79. The highest BCUT2D eigenvalue weighted by molar-refractivity contribution is 5.82. The maximum Gasteiger partial charge on any atom is 0.347 e. The molecule has 0 radical (unpaired) electrons. The van der Waals surface area contributed by atoms with Crippen molar-refractivity contribution in [1.82, 2.24) is 4.90 Å². The fraction of sp³-hybridized carbons (Fsp3) is 0.882. The van der Waals surface area contributed by atoms with Gasteiger partial charge in [0.05, 0.1) is 0 Å². The van der Waals surface area contributed by atoms with Gasteiger partial charge in [-0.2, -0.15) is 0 Å². The predicted molar refractivity (Wildman–Crippen MR) is 83.6 cm³/mol. The van der Waals surface area contributed by atoms with Gasteiger partial charge in [-0.3, -0.25) is 9.89 Å². The third kappa shape index (κ3) is 2.75. The van der Waals surface area contributed by atoms with Crippen LogP contribution in [0.5, 0.6) is 0 Å². The van der Waals surface area contributed by atoms with Gasteiger partial charge >= 0.3 is 5.97 Å². The van der Waals surface area contributed by atoms with Crippen molar-refractivity contribution in [2.75, 3.05) is 6.54 Å². The summed E-state index contributed by atoms with van der Waals surface area (Å²) in [6, 6.07) is 0.425. The fourth-order valence-electron chi connectivity index (χ4n) is 4.70. The van der Waals surface area contributed by atoms with E-state index in [0.29, 0.717) is 6.04 Å². The SMILES string of the molecule is O=C(O)C1(C2CCCCC2)N=CCCN1C1CCCCC1. The average molecular weight is 292 g/mol. The Kier molecular flexibility index (Phi) is 4.63. The molecule has 1 aliphatic heterocycles. The first-order valence-corrected chi connectivity index (χ1v) is 8.79. The summed E-state index contributed by atoms with van der Waals surface area (Å²) < 4.78 is 0. The lowest BCUT2D eigenvalue weighted by Gasteiger charge is -2.50. The van der Waals surface area contributed by atoms with Crippen molar-refractivity contribution in [3.8, 4) is 0 Å². The summed E-state index contributed by atoms with van der Waals surface area (Å²) in [4.78, 5) is 19.2. The Bertz CT molecular complexity index is 398. The second-order valence-electron chi connectivity index (χ2n) is 6.95. The summed E-state index contributed by atoms with van der Waals surface area (Å²) in [5.74, 6) is -0.516. The van der Waals surface area contributed by atoms with Gasteiger partial charge in [0.15, 0.2) is 0 Å². The molecule has 21 heavy (non-hydrogen) atoms. The molecule has 0 bridgehead atoms. The minimum atomic E-state index is -0.958. The van der Waals surface area contributed by atoms with Crippen molar-refractivity contribution in [2.45, 2.75) is 82.3 Å². The molecule has 1 atom stereocenters. The third-order valence-electron chi connectivity index (χ3n) is 5.73. The molecule has 0 saturated heterocycles. The van der Waals surface area contributed by atoms with Crippen LogP contribution in [0.1, 0.15) is 70.6 Å². The van der Waals surface area contributed by atoms with Crippen LogP contribution in [-0.2, 0) is 4.79 Å². The molecule has 0 amide bonds. The predicted octanol–water partition coefficient (Wildman–Crippen LogP) is 3.46. The standard InChI is InChI=1S/C17H28N2O2/c20-16(21)17(14-8-3-1-4-9-14)18-12-7-13-19(17)15-10-5-2-6-11-15/h12,14-15H,1-11,13H2,(H,20,21). The highest BCUT2D eigenvalue weighted by Crippen LogP contribution is 2.42. The van der Waals surface area contributed by atoms with Crippen molar-refractivity contribution in [1.29, 1.82) is 0 Å². The van der Waals surface area contributed by atoms with Crippen LogP contribution in [0, 0.1) is 5.92 Å². The molecule has 4 nitrogen and oxygen atoms in total. The Labute approximate surface area is 127 Å². The van der Waals surface area contributed by atoms with E-state index in [1.54, 1.807) is 0 Å². The lowest BCUT2D eigenvalue weighted by molar-refractivity contribution is -0.160. The number of hydrogen-bond donors (Lipinski definition) is 1. The smallest absolute Gasteiger partial charge is 0.347 e. The Morgan fingerprint density at radius 1 is 1.05 bits per heavy atom. The number of carbonyl (C=O) groups is 1. The molecule has 118 valence electrons. The van der Waals surface area contributed by atoms with E-state index in [9.17, 15) is 9.90 Å². The molecule has 4 heteroatoms. The molecule has 1 heterocycles. The summed E-state index contributed by atoms with van der Waals surface area (Å²) in [5.41, 5.74) is -0.958. The van der Waals surface area contributed by atoms with Crippen LogP contribution < -0.4 is 0 Å². The van der Waals surface area contributed by atoms with Crippen LogP contribution in [0.15, 0.2) is 4.99 Å². The molecule has 2 saturated carbocycles. The fourth-order valence-corrected chi connectivity index (χ4v) is 4.70. The molecule has 0 aromatic heterocycles. The molecule has 0 spiro atoms. The maximum atomic E-state index is 12.3. The highest BCUT2D eigenvalue weighted by Gasteiger charge is 2.53. The molecule has 3 rings (SSSR count). The Morgan fingerprint density at radius 3 is 2.29 bits per heavy atom. The third-order valence-corrected chi connectivity index (χ3v) is 5.73. The summed E-state index contributed by atoms with van der Waals surface area (Å²) in [5, 5.41) is 10.1. The van der Waals surface area contributed by atoms with Crippen LogP contribution in [0.2, 0.25) is 0 Å². The van der Waals surface area contributed by atoms with E-state index >= 15 is 0 Å². The van der Waals surface area contributed by atoms with Crippen molar-refractivity contribution in [3.63, 3.8) is 0 Å². The zero-order valence-electron chi connectivity index (χ0n) is 13.0. The van der Waals surface area contributed by atoms with E-state index in [4.69, 9.17) is 0 Å². The molecular formula is C17H28N2O2. The van der Waals surface area contributed by atoms with Gasteiger partial charge in [-0.1, -0.05) is 38.5 Å². The summed E-state index contributed by atoms with van der Waals surface area (Å²) in [6.07, 6.45) is 14.5. The first-order chi connectivity index (χ1) is 10.2. The summed E-state index contributed by atoms with van der Waals surface area (Å²) >= 11 is 0. The van der Waals surface area contributed by atoms with Gasteiger partial charge in [-0.05, 0) is 32.1 Å². The lowest BCUT2D eigenvalue weighted by Crippen LogP contribution is -2.63. The van der Waals surface area contributed by atoms with Crippen LogP contribution in [-0.4, -0.2) is 40.4 Å². The molecule has 1 unspecified atom stereocenters. The molecule has 1 N–H and O–H groups in total.